The molecule has 0 amide bonds. The van der Waals surface area contributed by atoms with Crippen molar-refractivity contribution in [2.45, 2.75) is 64.6 Å². The van der Waals surface area contributed by atoms with Gasteiger partial charge in [-0.05, 0) is 32.6 Å². The van der Waals surface area contributed by atoms with E-state index in [4.69, 9.17) is 16.3 Å². The maximum absolute atomic E-state index is 12.0. The fraction of sp³-hybridized carbons (Fsp3) is 0.733. The second-order valence-corrected chi connectivity index (χ2v) is 5.94. The number of ether oxygens (including phenoxy) is 1. The summed E-state index contributed by atoms with van der Waals surface area (Å²) in [5.41, 5.74) is 0.321. The lowest BCUT2D eigenvalue weighted by Gasteiger charge is -2.40. The van der Waals surface area contributed by atoms with Gasteiger partial charge in [0.1, 0.15) is 5.02 Å². The van der Waals surface area contributed by atoms with Crippen molar-refractivity contribution in [3.63, 3.8) is 0 Å². The predicted octanol–water partition coefficient (Wildman–Crippen LogP) is 3.07. The van der Waals surface area contributed by atoms with Gasteiger partial charge >= 0.3 is 0 Å². The number of aromatic nitrogens is 2. The molecule has 1 saturated heterocycles. The summed E-state index contributed by atoms with van der Waals surface area (Å²) in [6.07, 6.45) is 5.46. The molecular formula is C15H24ClN3O2. The Labute approximate surface area is 130 Å². The van der Waals surface area contributed by atoms with Gasteiger partial charge in [-0.3, -0.25) is 4.79 Å². The SMILES string of the molecule is CCn1ncc(NC2CCOC(CC)(CC)C2)c(Cl)c1=O. The minimum Gasteiger partial charge on any atom is -0.379 e. The molecule has 1 aliphatic heterocycles. The molecule has 6 heteroatoms. The maximum atomic E-state index is 12.0. The molecule has 1 aromatic rings. The van der Waals surface area contributed by atoms with Crippen LogP contribution in [0.5, 0.6) is 0 Å². The summed E-state index contributed by atoms with van der Waals surface area (Å²) in [5.74, 6) is 0. The highest BCUT2D eigenvalue weighted by Gasteiger charge is 2.34. The monoisotopic (exact) mass is 313 g/mol. The van der Waals surface area contributed by atoms with Crippen molar-refractivity contribution in [3.05, 3.63) is 21.6 Å². The number of hydrogen-bond acceptors (Lipinski definition) is 4. The molecule has 0 aliphatic carbocycles. The summed E-state index contributed by atoms with van der Waals surface area (Å²) in [5, 5.41) is 7.72. The molecule has 2 heterocycles. The first-order chi connectivity index (χ1) is 10.0. The molecule has 0 radical (unpaired) electrons. The number of rotatable bonds is 5. The molecule has 1 atom stereocenters. The Hall–Kier alpha value is -1.07. The van der Waals surface area contributed by atoms with Crippen LogP contribution >= 0.6 is 11.6 Å². The summed E-state index contributed by atoms with van der Waals surface area (Å²) in [6, 6.07) is 0.259. The number of anilines is 1. The van der Waals surface area contributed by atoms with Crippen LogP contribution in [0.3, 0.4) is 0 Å². The normalized spacial score (nSPS) is 21.2. The Bertz CT molecular complexity index is 540. The fourth-order valence-electron chi connectivity index (χ4n) is 2.90. The van der Waals surface area contributed by atoms with E-state index in [1.54, 1.807) is 6.20 Å². The van der Waals surface area contributed by atoms with Crippen LogP contribution in [0.25, 0.3) is 0 Å². The van der Waals surface area contributed by atoms with Crippen molar-refractivity contribution >= 4 is 17.3 Å². The fourth-order valence-corrected chi connectivity index (χ4v) is 3.11. The van der Waals surface area contributed by atoms with Crippen molar-refractivity contribution in [2.75, 3.05) is 11.9 Å². The lowest BCUT2D eigenvalue weighted by molar-refractivity contribution is -0.0864. The molecule has 0 bridgehead atoms. The summed E-state index contributed by atoms with van der Waals surface area (Å²) >= 11 is 6.17. The van der Waals surface area contributed by atoms with Gasteiger partial charge in [-0.15, -0.1) is 0 Å². The standard InChI is InChI=1S/C15H24ClN3O2/c1-4-15(5-2)9-11(7-8-21-15)18-12-10-17-19(6-3)14(20)13(12)16/h10-11,18H,4-9H2,1-3H3. The van der Waals surface area contributed by atoms with Gasteiger partial charge in [0.25, 0.3) is 5.56 Å². The van der Waals surface area contributed by atoms with Crippen molar-refractivity contribution in [3.8, 4) is 0 Å². The van der Waals surface area contributed by atoms with E-state index >= 15 is 0 Å². The Balaban J connectivity index is 2.15. The lowest BCUT2D eigenvalue weighted by Crippen LogP contribution is -2.43. The van der Waals surface area contributed by atoms with Gasteiger partial charge in [-0.2, -0.15) is 5.10 Å². The number of hydrogen-bond donors (Lipinski definition) is 1. The van der Waals surface area contributed by atoms with E-state index in [1.165, 1.54) is 4.68 Å². The first kappa shape index (κ1) is 16.3. The molecule has 0 spiro atoms. The van der Waals surface area contributed by atoms with Gasteiger partial charge in [0.2, 0.25) is 0 Å². The van der Waals surface area contributed by atoms with E-state index in [0.717, 1.165) is 32.3 Å². The first-order valence-corrected chi connectivity index (χ1v) is 8.09. The number of nitrogens with one attached hydrogen (secondary N) is 1. The number of aryl methyl sites for hydroxylation is 1. The molecular weight excluding hydrogens is 290 g/mol. The summed E-state index contributed by atoms with van der Waals surface area (Å²) in [6.45, 7) is 7.43. The molecule has 21 heavy (non-hydrogen) atoms. The minimum absolute atomic E-state index is 0.0613. The number of nitrogens with zero attached hydrogens (tertiary/aromatic N) is 2. The second-order valence-electron chi connectivity index (χ2n) is 5.57. The predicted molar refractivity (Wildman–Crippen MR) is 85.1 cm³/mol. The Morgan fingerprint density at radius 1 is 1.48 bits per heavy atom. The van der Waals surface area contributed by atoms with Crippen molar-refractivity contribution in [2.24, 2.45) is 0 Å². The Morgan fingerprint density at radius 3 is 2.81 bits per heavy atom. The number of halogens is 1. The van der Waals surface area contributed by atoms with Crippen LogP contribution < -0.4 is 10.9 Å². The van der Waals surface area contributed by atoms with Crippen LogP contribution in [0.4, 0.5) is 5.69 Å². The van der Waals surface area contributed by atoms with Crippen LogP contribution in [-0.2, 0) is 11.3 Å². The third kappa shape index (κ3) is 3.40. The van der Waals surface area contributed by atoms with Crippen LogP contribution in [-0.4, -0.2) is 28.0 Å². The van der Waals surface area contributed by atoms with E-state index in [2.05, 4.69) is 24.3 Å². The van der Waals surface area contributed by atoms with Crippen LogP contribution in [0, 0.1) is 0 Å². The highest BCUT2D eigenvalue weighted by Crippen LogP contribution is 2.33. The van der Waals surface area contributed by atoms with Gasteiger partial charge in [0.05, 0.1) is 17.5 Å². The Morgan fingerprint density at radius 2 is 2.19 bits per heavy atom. The highest BCUT2D eigenvalue weighted by atomic mass is 35.5. The van der Waals surface area contributed by atoms with Crippen LogP contribution in [0.2, 0.25) is 5.02 Å². The van der Waals surface area contributed by atoms with Crippen molar-refractivity contribution in [1.29, 1.82) is 0 Å². The smallest absolute Gasteiger partial charge is 0.287 e. The first-order valence-electron chi connectivity index (χ1n) is 7.71. The molecule has 1 unspecified atom stereocenters. The quantitative estimate of drug-likeness (QED) is 0.907. The molecule has 2 rings (SSSR count). The van der Waals surface area contributed by atoms with E-state index < -0.39 is 0 Å². The summed E-state index contributed by atoms with van der Waals surface area (Å²) < 4.78 is 7.33. The van der Waals surface area contributed by atoms with E-state index in [0.29, 0.717) is 12.2 Å². The van der Waals surface area contributed by atoms with Gasteiger partial charge in [-0.1, -0.05) is 25.4 Å². The minimum atomic E-state index is -0.242. The molecule has 1 aromatic heterocycles. The molecule has 5 nitrogen and oxygen atoms in total. The van der Waals surface area contributed by atoms with Crippen LogP contribution in [0.15, 0.2) is 11.0 Å². The Kier molecular flexibility index (Phi) is 5.27. The van der Waals surface area contributed by atoms with E-state index in [9.17, 15) is 4.79 Å². The average molecular weight is 314 g/mol. The molecule has 1 fully saturated rings. The molecule has 0 aromatic carbocycles. The zero-order valence-electron chi connectivity index (χ0n) is 13.0. The molecule has 118 valence electrons. The van der Waals surface area contributed by atoms with Gasteiger partial charge < -0.3 is 10.1 Å². The van der Waals surface area contributed by atoms with Crippen LogP contribution in [0.1, 0.15) is 46.5 Å². The summed E-state index contributed by atoms with van der Waals surface area (Å²) in [7, 11) is 0. The highest BCUT2D eigenvalue weighted by molar-refractivity contribution is 6.32. The lowest BCUT2D eigenvalue weighted by atomic mass is 9.86. The zero-order valence-corrected chi connectivity index (χ0v) is 13.7. The third-order valence-electron chi connectivity index (χ3n) is 4.43. The maximum Gasteiger partial charge on any atom is 0.287 e. The topological polar surface area (TPSA) is 56.1 Å². The molecule has 1 N–H and O–H groups in total. The van der Waals surface area contributed by atoms with E-state index in [-0.39, 0.29) is 22.2 Å². The third-order valence-corrected chi connectivity index (χ3v) is 4.79. The van der Waals surface area contributed by atoms with Gasteiger partial charge in [0, 0.05) is 19.2 Å². The zero-order chi connectivity index (χ0) is 15.5. The average Bonchev–Trinajstić information content (AvgIpc) is 2.52. The van der Waals surface area contributed by atoms with Gasteiger partial charge in [-0.25, -0.2) is 4.68 Å². The second kappa shape index (κ2) is 6.79. The van der Waals surface area contributed by atoms with E-state index in [1.807, 2.05) is 6.92 Å². The molecule has 0 saturated carbocycles. The van der Waals surface area contributed by atoms with Crippen molar-refractivity contribution < 1.29 is 4.74 Å². The largest absolute Gasteiger partial charge is 0.379 e. The molecule has 1 aliphatic rings. The van der Waals surface area contributed by atoms with Crippen molar-refractivity contribution in [1.82, 2.24) is 9.78 Å². The van der Waals surface area contributed by atoms with Gasteiger partial charge in [0.15, 0.2) is 0 Å². The summed E-state index contributed by atoms with van der Waals surface area (Å²) in [4.78, 5) is 12.0.